The van der Waals surface area contributed by atoms with E-state index < -0.39 is 74.6 Å². The molecule has 0 aromatic heterocycles. The Kier molecular flexibility index (Phi) is 13.0. The van der Waals surface area contributed by atoms with Crippen LogP contribution in [0.15, 0.2) is 89.7 Å². The summed E-state index contributed by atoms with van der Waals surface area (Å²) in [4.78, 5) is -1.20. The molecule has 0 aliphatic heterocycles. The van der Waals surface area contributed by atoms with Crippen molar-refractivity contribution in [3.8, 4) is 0 Å². The molecule has 3 aromatic rings. The molecule has 0 fully saturated rings. The van der Waals surface area contributed by atoms with Crippen molar-refractivity contribution in [2.75, 3.05) is 36.2 Å². The predicted molar refractivity (Wildman–Crippen MR) is 166 cm³/mol. The Morgan fingerprint density at radius 1 is 0.688 bits per heavy atom. The van der Waals surface area contributed by atoms with Crippen LogP contribution >= 0.6 is 12.3 Å². The van der Waals surface area contributed by atoms with E-state index in [-0.39, 0.29) is 51.5 Å². The number of hydrogen-bond donors (Lipinski definition) is 5. The van der Waals surface area contributed by atoms with Crippen LogP contribution in [0, 0.1) is 0 Å². The van der Waals surface area contributed by atoms with Gasteiger partial charge in [-0.15, -0.1) is 14.6 Å². The summed E-state index contributed by atoms with van der Waals surface area (Å²) in [6, 6.07) is 10.4. The van der Waals surface area contributed by atoms with Gasteiger partial charge in [-0.1, -0.05) is 5.04 Å². The lowest BCUT2D eigenvalue weighted by Crippen LogP contribution is -2.15. The van der Waals surface area contributed by atoms with Crippen LogP contribution in [0.25, 0.3) is 0 Å². The first-order valence-corrected chi connectivity index (χ1v) is 19.2. The molecule has 0 aliphatic carbocycles. The molecule has 0 saturated heterocycles. The van der Waals surface area contributed by atoms with Crippen molar-refractivity contribution >= 4 is 86.6 Å². The molecule has 7 N–H and O–H groups in total. The molecule has 0 atom stereocenters. The summed E-state index contributed by atoms with van der Waals surface area (Å²) in [5.41, 5.74) is 10.4. The number of nitrogen functional groups attached to an aromatic ring is 2. The SMILES string of the molecule is Nc1c(/N=N/c2ccc(S(=O)(=O)CCOSOOO)cc2)cc(S(=O)(=O)O)c(N)c1/N=N/c1ccc(S(=O)(=O)CCOS(=O)(=O)O)cc1. The number of anilines is 2. The zero-order chi connectivity index (χ0) is 35.8. The van der Waals surface area contributed by atoms with Gasteiger partial charge in [0.2, 0.25) is 0 Å². The monoisotopic (exact) mass is 772 g/mol. The third-order valence-electron chi connectivity index (χ3n) is 5.65. The number of benzene rings is 3. The third-order valence-corrected chi connectivity index (χ3v) is 10.8. The number of hydrogen-bond acceptors (Lipinski definition) is 20. The molecule has 26 heteroatoms. The van der Waals surface area contributed by atoms with Crippen molar-refractivity contribution in [2.24, 2.45) is 20.5 Å². The van der Waals surface area contributed by atoms with Gasteiger partial charge in [-0.25, -0.2) is 26.3 Å². The van der Waals surface area contributed by atoms with Gasteiger partial charge in [-0.05, 0) is 54.6 Å². The molecular formula is C22H24N6O15S5. The largest absolute Gasteiger partial charge is 0.397 e. The summed E-state index contributed by atoms with van der Waals surface area (Å²) in [6.07, 6.45) is 0. The van der Waals surface area contributed by atoms with Gasteiger partial charge in [-0.3, -0.25) is 13.3 Å². The summed E-state index contributed by atoms with van der Waals surface area (Å²) in [5.74, 6) is -1.23. The van der Waals surface area contributed by atoms with Crippen LogP contribution in [0.5, 0.6) is 0 Å². The quantitative estimate of drug-likeness (QED) is 0.0250. The van der Waals surface area contributed by atoms with Crippen LogP contribution in [0.2, 0.25) is 0 Å². The van der Waals surface area contributed by atoms with E-state index in [1.165, 1.54) is 36.4 Å². The van der Waals surface area contributed by atoms with E-state index in [1.54, 1.807) is 0 Å². The number of azo groups is 2. The van der Waals surface area contributed by atoms with Crippen molar-refractivity contribution in [1.29, 1.82) is 0 Å². The van der Waals surface area contributed by atoms with Gasteiger partial charge in [0.1, 0.15) is 16.3 Å². The summed E-state index contributed by atoms with van der Waals surface area (Å²) < 4.78 is 126. The van der Waals surface area contributed by atoms with Gasteiger partial charge in [-0.2, -0.15) is 27.1 Å². The number of nitrogens with two attached hydrogens (primary N) is 2. The first-order valence-electron chi connectivity index (χ1n) is 12.4. The fourth-order valence-electron chi connectivity index (χ4n) is 3.42. The van der Waals surface area contributed by atoms with Crippen molar-refractivity contribution in [1.82, 2.24) is 0 Å². The number of nitrogens with zero attached hydrogens (tertiary/aromatic N) is 4. The zero-order valence-electron chi connectivity index (χ0n) is 23.7. The Bertz CT molecular complexity index is 2110. The molecule has 0 aliphatic rings. The highest BCUT2D eigenvalue weighted by molar-refractivity contribution is 7.92. The minimum atomic E-state index is -4.95. The van der Waals surface area contributed by atoms with Gasteiger partial charge in [0.25, 0.3) is 10.1 Å². The van der Waals surface area contributed by atoms with Gasteiger partial charge in [0, 0.05) is 0 Å². The summed E-state index contributed by atoms with van der Waals surface area (Å²) in [7, 11) is -17.6. The Morgan fingerprint density at radius 3 is 1.67 bits per heavy atom. The molecular weight excluding hydrogens is 749 g/mol. The standard InChI is InChI=1S/C22H24N6O15S5/c23-20-18(27-25-14-1-5-16(6-2-14)45(30,31)11-9-40-44-43-42-29)13-19(47(34,35)36)21(24)22(20)28-26-15-3-7-17(8-4-15)46(32,33)12-10-41-48(37,38)39/h1-8,13,29H,9-12,23-24H2,(H,34,35,36)(H,37,38,39)/b27-25+,28-26+. The van der Waals surface area contributed by atoms with Crippen LogP contribution in [0.4, 0.5) is 34.1 Å². The Balaban J connectivity index is 1.85. The molecule has 48 heavy (non-hydrogen) atoms. The van der Waals surface area contributed by atoms with Crippen LogP contribution in [-0.2, 0) is 57.9 Å². The first kappa shape index (κ1) is 38.8. The predicted octanol–water partition coefficient (Wildman–Crippen LogP) is 3.30. The molecule has 0 saturated carbocycles. The molecule has 0 bridgehead atoms. The van der Waals surface area contributed by atoms with E-state index >= 15 is 0 Å². The number of sulfone groups is 2. The summed E-state index contributed by atoms with van der Waals surface area (Å²) >= 11 is 0.215. The minimum Gasteiger partial charge on any atom is -0.396 e. The third kappa shape index (κ3) is 11.2. The molecule has 21 nitrogen and oxygen atoms in total. The zero-order valence-corrected chi connectivity index (χ0v) is 27.8. The highest BCUT2D eigenvalue weighted by atomic mass is 32.3. The van der Waals surface area contributed by atoms with Crippen molar-refractivity contribution in [3.63, 3.8) is 0 Å². The van der Waals surface area contributed by atoms with Crippen LogP contribution < -0.4 is 11.5 Å². The Labute approximate surface area is 277 Å². The lowest BCUT2D eigenvalue weighted by Gasteiger charge is -2.10. The molecule has 262 valence electrons. The maximum atomic E-state index is 12.4. The minimum absolute atomic E-state index is 0.0234. The fraction of sp³-hybridized carbons (Fsp3) is 0.182. The average Bonchev–Trinajstić information content (AvgIpc) is 2.99. The summed E-state index contributed by atoms with van der Waals surface area (Å²) in [5, 5.41) is 26.8. The second kappa shape index (κ2) is 16.2. The van der Waals surface area contributed by atoms with Crippen molar-refractivity contribution in [2.45, 2.75) is 14.7 Å². The van der Waals surface area contributed by atoms with E-state index in [0.717, 1.165) is 18.2 Å². The van der Waals surface area contributed by atoms with Crippen LogP contribution in [-0.4, -0.2) is 72.8 Å². The molecule has 0 radical (unpaired) electrons. The molecule has 0 spiro atoms. The summed E-state index contributed by atoms with van der Waals surface area (Å²) in [6.45, 7) is -1.15. The number of rotatable bonds is 17. The highest BCUT2D eigenvalue weighted by Gasteiger charge is 2.23. The van der Waals surface area contributed by atoms with E-state index in [4.69, 9.17) is 25.5 Å². The Hall–Kier alpha value is -3.67. The van der Waals surface area contributed by atoms with E-state index in [0.29, 0.717) is 0 Å². The topological polar surface area (TPSA) is 336 Å². The van der Waals surface area contributed by atoms with Gasteiger partial charge >= 0.3 is 10.4 Å². The second-order valence-corrected chi connectivity index (χ2v) is 16.1. The van der Waals surface area contributed by atoms with E-state index in [2.05, 4.69) is 34.0 Å². The van der Waals surface area contributed by atoms with E-state index in [9.17, 15) is 38.2 Å². The average molecular weight is 773 g/mol. The molecule has 3 rings (SSSR count). The van der Waals surface area contributed by atoms with Crippen molar-refractivity contribution < 1.29 is 65.8 Å². The molecule has 0 unspecified atom stereocenters. The smallest absolute Gasteiger partial charge is 0.396 e. The maximum absolute atomic E-state index is 12.4. The van der Waals surface area contributed by atoms with Crippen LogP contribution in [0.3, 0.4) is 0 Å². The normalized spacial score (nSPS) is 13.1. The van der Waals surface area contributed by atoms with Gasteiger partial charge in [0.05, 0.1) is 57.3 Å². The molecule has 0 heterocycles. The first-order chi connectivity index (χ1) is 22.3. The van der Waals surface area contributed by atoms with Gasteiger partial charge < -0.3 is 11.5 Å². The highest BCUT2D eigenvalue weighted by Crippen LogP contribution is 2.43. The molecule has 0 amide bonds. The fourth-order valence-corrected chi connectivity index (χ4v) is 6.95. The van der Waals surface area contributed by atoms with Gasteiger partial charge in [0.15, 0.2) is 32.0 Å². The second-order valence-electron chi connectivity index (χ2n) is 8.85. The Morgan fingerprint density at radius 2 is 1.19 bits per heavy atom. The lowest BCUT2D eigenvalue weighted by molar-refractivity contribution is -0.434. The lowest BCUT2D eigenvalue weighted by atomic mass is 10.2. The maximum Gasteiger partial charge on any atom is 0.397 e. The van der Waals surface area contributed by atoms with Crippen LogP contribution in [0.1, 0.15) is 0 Å². The molecule has 3 aromatic carbocycles. The van der Waals surface area contributed by atoms with Crippen molar-refractivity contribution in [3.05, 3.63) is 54.6 Å². The van der Waals surface area contributed by atoms with E-state index in [1.807, 2.05) is 0 Å².